The highest BCUT2D eigenvalue weighted by molar-refractivity contribution is 7.87. The second kappa shape index (κ2) is 9.86. The standard InChI is InChI=1S/C24H21NO7S3/c1-15-24(35(30,31)32-19-8-5-16(6-9-19)14-34(28)29)21-12-18(17-3-2-4-20(33)11-17)7-10-22(21)25(15)13-23(26)27/h2-12,33H,13-14H2,1H3,(H,26,27)(H,28,29)/p-1. The van der Waals surface area contributed by atoms with Crippen LogP contribution in [0.1, 0.15) is 11.3 Å². The molecule has 182 valence electrons. The van der Waals surface area contributed by atoms with Gasteiger partial charge in [0.15, 0.2) is 0 Å². The zero-order valence-corrected chi connectivity index (χ0v) is 20.9. The maximum atomic E-state index is 13.4. The van der Waals surface area contributed by atoms with Gasteiger partial charge in [-0.1, -0.05) is 41.4 Å². The van der Waals surface area contributed by atoms with E-state index in [1.54, 1.807) is 18.2 Å². The maximum Gasteiger partial charge on any atom is 0.341 e. The highest BCUT2D eigenvalue weighted by atomic mass is 32.2. The fourth-order valence-corrected chi connectivity index (χ4v) is 5.96. The number of benzene rings is 3. The number of nitrogens with zero attached hydrogens (tertiary/aromatic N) is 1. The van der Waals surface area contributed by atoms with Crippen molar-refractivity contribution < 1.29 is 31.3 Å². The molecule has 35 heavy (non-hydrogen) atoms. The summed E-state index contributed by atoms with van der Waals surface area (Å²) in [5.74, 6) is -1.32. The molecular weight excluding hydrogens is 510 g/mol. The fourth-order valence-electron chi connectivity index (χ4n) is 3.92. The van der Waals surface area contributed by atoms with Crippen LogP contribution in [0.3, 0.4) is 0 Å². The van der Waals surface area contributed by atoms with Crippen molar-refractivity contribution in [3.05, 3.63) is 78.0 Å². The zero-order chi connectivity index (χ0) is 25.3. The Morgan fingerprint density at radius 2 is 1.77 bits per heavy atom. The molecule has 1 N–H and O–H groups in total. The molecule has 0 spiro atoms. The minimum absolute atomic E-state index is 0.00268. The molecule has 11 heteroatoms. The Morgan fingerprint density at radius 1 is 1.09 bits per heavy atom. The van der Waals surface area contributed by atoms with Gasteiger partial charge in [0.25, 0.3) is 0 Å². The Balaban J connectivity index is 1.83. The van der Waals surface area contributed by atoms with E-state index in [0.29, 0.717) is 16.5 Å². The number of carboxylic acids is 1. The molecule has 0 fully saturated rings. The molecule has 0 aliphatic rings. The summed E-state index contributed by atoms with van der Waals surface area (Å²) in [7, 11) is -4.38. The number of fused-ring (bicyclic) bond motifs is 1. The van der Waals surface area contributed by atoms with Crippen molar-refractivity contribution in [1.29, 1.82) is 0 Å². The first kappa shape index (κ1) is 25.0. The zero-order valence-electron chi connectivity index (χ0n) is 18.4. The first-order chi connectivity index (χ1) is 16.5. The number of rotatable bonds is 8. The molecule has 0 aliphatic carbocycles. The van der Waals surface area contributed by atoms with Crippen LogP contribution in [0, 0.1) is 6.92 Å². The second-order valence-electron chi connectivity index (χ2n) is 7.81. The number of thiol groups is 1. The molecule has 1 unspecified atom stereocenters. The monoisotopic (exact) mass is 530 g/mol. The molecular formula is C24H20NO7S3-. The Kier molecular flexibility index (Phi) is 7.04. The minimum Gasteiger partial charge on any atom is -0.772 e. The van der Waals surface area contributed by atoms with E-state index < -0.39 is 33.7 Å². The number of aliphatic carboxylic acids is 1. The second-order valence-corrected chi connectivity index (χ2v) is 10.7. The molecule has 0 amide bonds. The van der Waals surface area contributed by atoms with Gasteiger partial charge in [-0.2, -0.15) is 8.42 Å². The van der Waals surface area contributed by atoms with Gasteiger partial charge in [-0.3, -0.25) is 9.00 Å². The van der Waals surface area contributed by atoms with Crippen LogP contribution in [0.25, 0.3) is 22.0 Å². The van der Waals surface area contributed by atoms with Crippen molar-refractivity contribution in [3.63, 3.8) is 0 Å². The summed E-state index contributed by atoms with van der Waals surface area (Å²) in [6.07, 6.45) is 0. The first-order valence-corrected chi connectivity index (χ1v) is 13.4. The van der Waals surface area contributed by atoms with E-state index in [9.17, 15) is 27.1 Å². The van der Waals surface area contributed by atoms with Crippen LogP contribution < -0.4 is 4.18 Å². The minimum atomic E-state index is -4.38. The Morgan fingerprint density at radius 3 is 2.40 bits per heavy atom. The van der Waals surface area contributed by atoms with Gasteiger partial charge in [0.1, 0.15) is 17.2 Å². The summed E-state index contributed by atoms with van der Waals surface area (Å²) >= 11 is 2.09. The van der Waals surface area contributed by atoms with E-state index in [4.69, 9.17) is 4.18 Å². The van der Waals surface area contributed by atoms with Gasteiger partial charge in [-0.25, -0.2) is 0 Å². The quantitative estimate of drug-likeness (QED) is 0.199. The number of hydrogen-bond donors (Lipinski definition) is 2. The van der Waals surface area contributed by atoms with Crippen LogP contribution in [0.2, 0.25) is 0 Å². The smallest absolute Gasteiger partial charge is 0.341 e. The van der Waals surface area contributed by atoms with Gasteiger partial charge in [-0.05, 0) is 60.0 Å². The van der Waals surface area contributed by atoms with Gasteiger partial charge in [-0.15, -0.1) is 12.6 Å². The molecule has 8 nitrogen and oxygen atoms in total. The molecule has 1 atom stereocenters. The lowest BCUT2D eigenvalue weighted by Gasteiger charge is -2.10. The van der Waals surface area contributed by atoms with Crippen molar-refractivity contribution >= 4 is 50.7 Å². The van der Waals surface area contributed by atoms with E-state index in [2.05, 4.69) is 12.6 Å². The SMILES string of the molecule is Cc1c(S(=O)(=O)Oc2ccc(CS(=O)[O-])cc2)c2cc(-c3cccc(S)c3)ccc2n1CC(=O)O. The third kappa shape index (κ3) is 5.43. The molecule has 0 saturated carbocycles. The number of carbonyl (C=O) groups is 1. The van der Waals surface area contributed by atoms with Crippen LogP contribution in [0.15, 0.2) is 76.5 Å². The molecule has 1 aromatic heterocycles. The Labute approximate surface area is 210 Å². The summed E-state index contributed by atoms with van der Waals surface area (Å²) in [6, 6.07) is 18.2. The highest BCUT2D eigenvalue weighted by Crippen LogP contribution is 2.35. The van der Waals surface area contributed by atoms with Crippen molar-refractivity contribution in [2.24, 2.45) is 0 Å². The van der Waals surface area contributed by atoms with E-state index in [0.717, 1.165) is 16.0 Å². The lowest BCUT2D eigenvalue weighted by molar-refractivity contribution is -0.137. The van der Waals surface area contributed by atoms with Crippen molar-refractivity contribution in [1.82, 2.24) is 4.57 Å². The number of carboxylic acid groups (broad SMARTS) is 1. The van der Waals surface area contributed by atoms with Crippen LogP contribution in [-0.2, 0) is 38.3 Å². The van der Waals surface area contributed by atoms with Crippen molar-refractivity contribution in [3.8, 4) is 16.9 Å². The van der Waals surface area contributed by atoms with Gasteiger partial charge < -0.3 is 18.4 Å². The topological polar surface area (TPSA) is 126 Å². The van der Waals surface area contributed by atoms with Crippen LogP contribution in [0.4, 0.5) is 0 Å². The number of hydrogen-bond acceptors (Lipinski definition) is 7. The maximum absolute atomic E-state index is 13.4. The molecule has 0 radical (unpaired) electrons. The van der Waals surface area contributed by atoms with E-state index >= 15 is 0 Å². The summed E-state index contributed by atoms with van der Waals surface area (Å²) in [5, 5.41) is 9.72. The number of aromatic nitrogens is 1. The largest absolute Gasteiger partial charge is 0.772 e. The Hall–Kier alpha value is -3.12. The fraction of sp³-hybridized carbons (Fsp3) is 0.125. The lowest BCUT2D eigenvalue weighted by Crippen LogP contribution is -2.13. The predicted octanol–water partition coefficient (Wildman–Crippen LogP) is 4.14. The third-order valence-corrected chi connectivity index (χ3v) is 7.68. The van der Waals surface area contributed by atoms with E-state index in [-0.39, 0.29) is 22.1 Å². The average Bonchev–Trinajstić information content (AvgIpc) is 3.05. The Bertz CT molecular complexity index is 1560. The molecule has 0 saturated heterocycles. The molecule has 0 bridgehead atoms. The molecule has 3 aromatic carbocycles. The van der Waals surface area contributed by atoms with E-state index in [1.165, 1.54) is 35.8 Å². The van der Waals surface area contributed by atoms with Crippen molar-refractivity contribution in [2.45, 2.75) is 29.0 Å². The first-order valence-electron chi connectivity index (χ1n) is 10.3. The molecule has 4 rings (SSSR count). The summed E-state index contributed by atoms with van der Waals surface area (Å²) in [6.45, 7) is 1.10. The highest BCUT2D eigenvalue weighted by Gasteiger charge is 2.28. The van der Waals surface area contributed by atoms with Crippen molar-refractivity contribution in [2.75, 3.05) is 0 Å². The third-order valence-electron chi connectivity index (χ3n) is 5.40. The van der Waals surface area contributed by atoms with E-state index in [1.807, 2.05) is 24.3 Å². The molecule has 4 aromatic rings. The van der Waals surface area contributed by atoms with Crippen LogP contribution >= 0.6 is 12.6 Å². The van der Waals surface area contributed by atoms with Gasteiger partial charge in [0.2, 0.25) is 0 Å². The predicted molar refractivity (Wildman–Crippen MR) is 134 cm³/mol. The van der Waals surface area contributed by atoms with Crippen LogP contribution in [-0.4, -0.2) is 32.8 Å². The normalized spacial score (nSPS) is 12.5. The van der Waals surface area contributed by atoms with Gasteiger partial charge in [0, 0.05) is 21.7 Å². The average molecular weight is 531 g/mol. The van der Waals surface area contributed by atoms with Gasteiger partial charge >= 0.3 is 16.1 Å². The van der Waals surface area contributed by atoms with Gasteiger partial charge in [0.05, 0.1) is 5.52 Å². The summed E-state index contributed by atoms with van der Waals surface area (Å²) in [4.78, 5) is 12.1. The lowest BCUT2D eigenvalue weighted by atomic mass is 10.0. The van der Waals surface area contributed by atoms with Crippen LogP contribution in [0.5, 0.6) is 5.75 Å². The molecule has 0 aliphatic heterocycles. The molecule has 1 heterocycles. The summed E-state index contributed by atoms with van der Waals surface area (Å²) < 4.78 is 55.4. The summed E-state index contributed by atoms with van der Waals surface area (Å²) in [5.41, 5.74) is 2.69.